The lowest BCUT2D eigenvalue weighted by atomic mass is 9.92. The number of nitrogens with one attached hydrogen (secondary N) is 2. The van der Waals surface area contributed by atoms with Gasteiger partial charge in [0.2, 0.25) is 5.91 Å². The minimum absolute atomic E-state index is 0.00677. The highest BCUT2D eigenvalue weighted by atomic mass is 19.4. The number of carbonyl (C=O) groups excluding carboxylic acids is 1. The standard InChI is InChI=1S/C13H22F3N3O/c1-19(9-13(14,15)16)7-6-18-11(20)10-8-12(10)2-4-17-5-3-12/h10,17H,2-9H2,1H3,(H,18,20). The van der Waals surface area contributed by atoms with Crippen molar-refractivity contribution in [1.29, 1.82) is 0 Å². The van der Waals surface area contributed by atoms with Gasteiger partial charge in [-0.2, -0.15) is 13.2 Å². The SMILES string of the molecule is CN(CCNC(=O)C1CC12CCNCC2)CC(F)(F)F. The highest BCUT2D eigenvalue weighted by Crippen LogP contribution is 2.58. The van der Waals surface area contributed by atoms with Gasteiger partial charge >= 0.3 is 6.18 Å². The van der Waals surface area contributed by atoms with E-state index >= 15 is 0 Å². The van der Waals surface area contributed by atoms with Crippen LogP contribution in [0, 0.1) is 11.3 Å². The third kappa shape index (κ3) is 4.09. The van der Waals surface area contributed by atoms with Gasteiger partial charge in [0.15, 0.2) is 0 Å². The number of hydrogen-bond acceptors (Lipinski definition) is 3. The fourth-order valence-corrected chi connectivity index (χ4v) is 3.07. The molecule has 2 N–H and O–H groups in total. The molecule has 1 saturated heterocycles. The first-order valence-corrected chi connectivity index (χ1v) is 7.06. The van der Waals surface area contributed by atoms with Crippen LogP contribution in [0.3, 0.4) is 0 Å². The average molecular weight is 293 g/mol. The highest BCUT2D eigenvalue weighted by Gasteiger charge is 2.57. The molecule has 20 heavy (non-hydrogen) atoms. The Morgan fingerprint density at radius 1 is 1.40 bits per heavy atom. The largest absolute Gasteiger partial charge is 0.401 e. The number of carbonyl (C=O) groups is 1. The van der Waals surface area contributed by atoms with Crippen molar-refractivity contribution in [3.05, 3.63) is 0 Å². The van der Waals surface area contributed by atoms with Crippen LogP contribution in [0.25, 0.3) is 0 Å². The van der Waals surface area contributed by atoms with Crippen molar-refractivity contribution in [2.24, 2.45) is 11.3 Å². The summed E-state index contributed by atoms with van der Waals surface area (Å²) >= 11 is 0. The van der Waals surface area contributed by atoms with Gasteiger partial charge in [0.05, 0.1) is 6.54 Å². The summed E-state index contributed by atoms with van der Waals surface area (Å²) < 4.78 is 36.4. The van der Waals surface area contributed by atoms with Crippen molar-refractivity contribution in [2.75, 3.05) is 39.8 Å². The van der Waals surface area contributed by atoms with E-state index in [0.29, 0.717) is 0 Å². The maximum absolute atomic E-state index is 12.1. The fraction of sp³-hybridized carbons (Fsp3) is 0.923. The molecule has 1 aliphatic carbocycles. The van der Waals surface area contributed by atoms with E-state index in [1.807, 2.05) is 0 Å². The molecule has 1 amide bonds. The zero-order chi connectivity index (χ0) is 14.8. The van der Waals surface area contributed by atoms with Crippen LogP contribution in [-0.2, 0) is 4.79 Å². The number of likely N-dealkylation sites (N-methyl/N-ethyl adjacent to an activating group) is 1. The quantitative estimate of drug-likeness (QED) is 0.794. The van der Waals surface area contributed by atoms with Crippen molar-refractivity contribution in [3.63, 3.8) is 0 Å². The molecule has 0 radical (unpaired) electrons. The van der Waals surface area contributed by atoms with Crippen molar-refractivity contribution in [1.82, 2.24) is 15.5 Å². The average Bonchev–Trinajstić information content (AvgIpc) is 3.01. The minimum Gasteiger partial charge on any atom is -0.355 e. The van der Waals surface area contributed by atoms with Crippen molar-refractivity contribution < 1.29 is 18.0 Å². The lowest BCUT2D eigenvalue weighted by Crippen LogP contribution is -2.39. The van der Waals surface area contributed by atoms with E-state index in [0.717, 1.165) is 32.4 Å². The van der Waals surface area contributed by atoms with Gasteiger partial charge in [-0.3, -0.25) is 9.69 Å². The van der Waals surface area contributed by atoms with Crippen LogP contribution in [0.4, 0.5) is 13.2 Å². The van der Waals surface area contributed by atoms with Crippen LogP contribution >= 0.6 is 0 Å². The minimum atomic E-state index is -4.19. The van der Waals surface area contributed by atoms with Crippen LogP contribution in [-0.4, -0.2) is 56.8 Å². The monoisotopic (exact) mass is 293 g/mol. The Kier molecular flexibility index (Phi) is 4.59. The number of piperidine rings is 1. The molecular weight excluding hydrogens is 271 g/mol. The first-order valence-electron chi connectivity index (χ1n) is 7.06. The predicted molar refractivity (Wildman–Crippen MR) is 69.2 cm³/mol. The number of halogens is 3. The Labute approximate surface area is 117 Å². The lowest BCUT2D eigenvalue weighted by Gasteiger charge is -2.23. The third-order valence-corrected chi connectivity index (χ3v) is 4.35. The molecule has 1 atom stereocenters. The Balaban J connectivity index is 1.64. The molecular formula is C13H22F3N3O. The molecule has 2 aliphatic rings. The van der Waals surface area contributed by atoms with Gasteiger partial charge in [-0.25, -0.2) is 0 Å². The van der Waals surface area contributed by atoms with Crippen LogP contribution in [0.1, 0.15) is 19.3 Å². The fourth-order valence-electron chi connectivity index (χ4n) is 3.07. The van der Waals surface area contributed by atoms with E-state index in [9.17, 15) is 18.0 Å². The molecule has 1 aliphatic heterocycles. The molecule has 0 aromatic carbocycles. The first-order chi connectivity index (χ1) is 9.32. The molecule has 4 nitrogen and oxygen atoms in total. The van der Waals surface area contributed by atoms with Gasteiger partial charge in [-0.1, -0.05) is 0 Å². The third-order valence-electron chi connectivity index (χ3n) is 4.35. The second kappa shape index (κ2) is 5.89. The molecule has 0 aromatic rings. The van der Waals surface area contributed by atoms with Crippen molar-refractivity contribution in [2.45, 2.75) is 25.4 Å². The van der Waals surface area contributed by atoms with Gasteiger partial charge in [0, 0.05) is 19.0 Å². The van der Waals surface area contributed by atoms with E-state index < -0.39 is 12.7 Å². The van der Waals surface area contributed by atoms with Gasteiger partial charge in [-0.05, 0) is 44.8 Å². The Morgan fingerprint density at radius 2 is 2.05 bits per heavy atom. The summed E-state index contributed by atoms with van der Waals surface area (Å²) in [7, 11) is 1.41. The zero-order valence-corrected chi connectivity index (χ0v) is 11.7. The smallest absolute Gasteiger partial charge is 0.355 e. The molecule has 0 aromatic heterocycles. The molecule has 0 bridgehead atoms. The highest BCUT2D eigenvalue weighted by molar-refractivity contribution is 5.82. The molecule has 7 heteroatoms. The molecule has 2 rings (SSSR count). The van der Waals surface area contributed by atoms with Gasteiger partial charge in [0.1, 0.15) is 0 Å². The maximum atomic E-state index is 12.1. The van der Waals surface area contributed by atoms with Crippen LogP contribution in [0.15, 0.2) is 0 Å². The summed E-state index contributed by atoms with van der Waals surface area (Å²) in [6.07, 6.45) is -1.20. The van der Waals surface area contributed by atoms with E-state index in [-0.39, 0.29) is 30.3 Å². The normalized spacial score (nSPS) is 24.9. The summed E-state index contributed by atoms with van der Waals surface area (Å²) in [5.41, 5.74) is 0.174. The number of amides is 1. The Hall–Kier alpha value is -0.820. The van der Waals surface area contributed by atoms with E-state index in [1.165, 1.54) is 11.9 Å². The molecule has 1 heterocycles. The second-order valence-corrected chi connectivity index (χ2v) is 6.01. The summed E-state index contributed by atoms with van der Waals surface area (Å²) in [6.45, 7) is 1.46. The van der Waals surface area contributed by atoms with Crippen molar-refractivity contribution in [3.8, 4) is 0 Å². The topological polar surface area (TPSA) is 44.4 Å². The molecule has 1 saturated carbocycles. The zero-order valence-electron chi connectivity index (χ0n) is 11.7. The first kappa shape index (κ1) is 15.6. The molecule has 1 unspecified atom stereocenters. The summed E-state index contributed by atoms with van der Waals surface area (Å²) in [4.78, 5) is 13.1. The molecule has 2 fully saturated rings. The van der Waals surface area contributed by atoms with Crippen LogP contribution in [0.5, 0.6) is 0 Å². The van der Waals surface area contributed by atoms with Gasteiger partial charge in [0.25, 0.3) is 0 Å². The summed E-state index contributed by atoms with van der Waals surface area (Å²) in [5, 5.41) is 6.04. The Morgan fingerprint density at radius 3 is 2.65 bits per heavy atom. The molecule has 116 valence electrons. The number of nitrogens with zero attached hydrogens (tertiary/aromatic N) is 1. The van der Waals surface area contributed by atoms with Crippen molar-refractivity contribution >= 4 is 5.91 Å². The molecule has 1 spiro atoms. The van der Waals surface area contributed by atoms with Crippen LogP contribution < -0.4 is 10.6 Å². The van der Waals surface area contributed by atoms with E-state index in [4.69, 9.17) is 0 Å². The number of alkyl halides is 3. The summed E-state index contributed by atoms with van der Waals surface area (Å²) in [6, 6.07) is 0. The number of rotatable bonds is 5. The Bertz CT molecular complexity index is 353. The predicted octanol–water partition coefficient (Wildman–Crippen LogP) is 0.986. The van der Waals surface area contributed by atoms with E-state index in [2.05, 4.69) is 10.6 Å². The van der Waals surface area contributed by atoms with Crippen LogP contribution in [0.2, 0.25) is 0 Å². The van der Waals surface area contributed by atoms with E-state index in [1.54, 1.807) is 0 Å². The van der Waals surface area contributed by atoms with Gasteiger partial charge in [-0.15, -0.1) is 0 Å². The second-order valence-electron chi connectivity index (χ2n) is 6.01. The number of hydrogen-bond donors (Lipinski definition) is 2. The van der Waals surface area contributed by atoms with Gasteiger partial charge < -0.3 is 10.6 Å². The summed E-state index contributed by atoms with van der Waals surface area (Å²) in [5.74, 6) is 0.0739. The maximum Gasteiger partial charge on any atom is 0.401 e. The lowest BCUT2D eigenvalue weighted by molar-refractivity contribution is -0.142.